The van der Waals surface area contributed by atoms with Gasteiger partial charge in [-0.3, -0.25) is 4.79 Å². The molecule has 2 atom stereocenters. The van der Waals surface area contributed by atoms with Crippen LogP contribution in [0.2, 0.25) is 0 Å². The lowest BCUT2D eigenvalue weighted by Gasteiger charge is -2.28. The Kier molecular flexibility index (Phi) is 6.00. The highest BCUT2D eigenvalue weighted by molar-refractivity contribution is 7.99. The van der Waals surface area contributed by atoms with Crippen LogP contribution in [0.15, 0.2) is 10.7 Å². The smallest absolute Gasteiger partial charge is 0.273 e. The van der Waals surface area contributed by atoms with Crippen LogP contribution in [0.3, 0.4) is 0 Å². The summed E-state index contributed by atoms with van der Waals surface area (Å²) in [6.45, 7) is 3.68. The normalized spacial score (nSPS) is 26.1. The second kappa shape index (κ2) is 8.20. The van der Waals surface area contributed by atoms with E-state index >= 15 is 0 Å². The number of amides is 1. The Labute approximate surface area is 141 Å². The topological polar surface area (TPSA) is 64.4 Å². The zero-order chi connectivity index (χ0) is 16.1. The van der Waals surface area contributed by atoms with Crippen LogP contribution in [-0.4, -0.2) is 41.1 Å². The maximum atomic E-state index is 12.4. The first-order valence-electron chi connectivity index (χ1n) is 8.72. The van der Waals surface area contributed by atoms with Crippen molar-refractivity contribution in [2.45, 2.75) is 62.7 Å². The standard InChI is InChI=1S/C17H26N2O3S/c1-2-23-14-5-3-4-13(10-14)18-16(20)15-11-22-17(19-15)12-6-8-21-9-7-12/h11-14H,2-10H2,1H3,(H,18,20)/t13-,14-/m1/s1. The molecule has 2 aliphatic rings. The van der Waals surface area contributed by atoms with E-state index in [9.17, 15) is 4.79 Å². The second-order valence-corrected chi connectivity index (χ2v) is 7.95. The number of oxazole rings is 1. The van der Waals surface area contributed by atoms with Crippen LogP contribution in [0.25, 0.3) is 0 Å². The molecule has 2 fully saturated rings. The lowest BCUT2D eigenvalue weighted by Crippen LogP contribution is -2.39. The molecule has 1 amide bonds. The van der Waals surface area contributed by atoms with Crippen molar-refractivity contribution in [3.05, 3.63) is 17.8 Å². The molecule has 1 aromatic heterocycles. The SMILES string of the molecule is CCS[C@@H]1CCC[C@@H](NC(=O)c2coc(C3CCOCC3)n2)C1. The minimum Gasteiger partial charge on any atom is -0.448 e. The van der Waals surface area contributed by atoms with Crippen LogP contribution < -0.4 is 5.32 Å². The fourth-order valence-corrected chi connectivity index (χ4v) is 4.62. The molecule has 128 valence electrons. The summed E-state index contributed by atoms with van der Waals surface area (Å²) < 4.78 is 10.9. The van der Waals surface area contributed by atoms with Gasteiger partial charge in [0.05, 0.1) is 0 Å². The van der Waals surface area contributed by atoms with Crippen LogP contribution in [-0.2, 0) is 4.74 Å². The van der Waals surface area contributed by atoms with Crippen molar-refractivity contribution < 1.29 is 13.9 Å². The number of rotatable bonds is 5. The van der Waals surface area contributed by atoms with Gasteiger partial charge in [0.25, 0.3) is 5.91 Å². The minimum absolute atomic E-state index is 0.0980. The lowest BCUT2D eigenvalue weighted by molar-refractivity contribution is 0.0794. The highest BCUT2D eigenvalue weighted by Crippen LogP contribution is 2.29. The molecule has 6 heteroatoms. The van der Waals surface area contributed by atoms with E-state index < -0.39 is 0 Å². The van der Waals surface area contributed by atoms with Crippen LogP contribution >= 0.6 is 11.8 Å². The summed E-state index contributed by atoms with van der Waals surface area (Å²) in [5.74, 6) is 2.01. The number of hydrogen-bond acceptors (Lipinski definition) is 5. The van der Waals surface area contributed by atoms with Gasteiger partial charge < -0.3 is 14.5 Å². The molecule has 0 bridgehead atoms. The Morgan fingerprint density at radius 2 is 2.17 bits per heavy atom. The third-order valence-corrected chi connectivity index (χ3v) is 5.92. The third-order valence-electron chi connectivity index (χ3n) is 4.69. The highest BCUT2D eigenvalue weighted by Gasteiger charge is 2.26. The Morgan fingerprint density at radius 3 is 2.96 bits per heavy atom. The van der Waals surface area contributed by atoms with Gasteiger partial charge >= 0.3 is 0 Å². The Morgan fingerprint density at radius 1 is 1.35 bits per heavy atom. The molecule has 1 saturated carbocycles. The van der Waals surface area contributed by atoms with Crippen molar-refractivity contribution in [3.63, 3.8) is 0 Å². The van der Waals surface area contributed by atoms with Gasteiger partial charge in [0.1, 0.15) is 6.26 Å². The van der Waals surface area contributed by atoms with Crippen molar-refractivity contribution in [1.82, 2.24) is 10.3 Å². The summed E-state index contributed by atoms with van der Waals surface area (Å²) in [6.07, 6.45) is 7.92. The van der Waals surface area contributed by atoms with Crippen molar-refractivity contribution in [1.29, 1.82) is 0 Å². The molecular formula is C17H26N2O3S. The maximum Gasteiger partial charge on any atom is 0.273 e. The second-order valence-electron chi connectivity index (χ2n) is 6.37. The van der Waals surface area contributed by atoms with Crippen LogP contribution in [0, 0.1) is 0 Å². The first-order chi connectivity index (χ1) is 11.3. The number of nitrogens with zero attached hydrogens (tertiary/aromatic N) is 1. The molecule has 1 N–H and O–H groups in total. The van der Waals surface area contributed by atoms with Gasteiger partial charge in [-0.15, -0.1) is 0 Å². The first kappa shape index (κ1) is 16.8. The number of ether oxygens (including phenoxy) is 1. The van der Waals surface area contributed by atoms with Gasteiger partial charge in [0, 0.05) is 30.4 Å². The van der Waals surface area contributed by atoms with Crippen molar-refractivity contribution in [2.24, 2.45) is 0 Å². The maximum absolute atomic E-state index is 12.4. The lowest BCUT2D eigenvalue weighted by atomic mass is 9.95. The van der Waals surface area contributed by atoms with E-state index in [0.717, 1.165) is 44.6 Å². The molecule has 0 spiro atoms. The number of thioether (sulfide) groups is 1. The molecule has 0 radical (unpaired) electrons. The quantitative estimate of drug-likeness (QED) is 0.892. The Bertz CT molecular complexity index is 512. The fourth-order valence-electron chi connectivity index (χ4n) is 3.45. The number of carbonyl (C=O) groups excluding carboxylic acids is 1. The van der Waals surface area contributed by atoms with E-state index in [0.29, 0.717) is 16.8 Å². The van der Waals surface area contributed by atoms with E-state index in [1.807, 2.05) is 11.8 Å². The molecule has 5 nitrogen and oxygen atoms in total. The summed E-state index contributed by atoms with van der Waals surface area (Å²) in [5.41, 5.74) is 0.414. The zero-order valence-electron chi connectivity index (χ0n) is 13.8. The largest absolute Gasteiger partial charge is 0.448 e. The van der Waals surface area contributed by atoms with Crippen LogP contribution in [0.1, 0.15) is 67.7 Å². The average molecular weight is 338 g/mol. The van der Waals surface area contributed by atoms with Crippen molar-refractivity contribution >= 4 is 17.7 Å². The molecule has 0 aromatic carbocycles. The highest BCUT2D eigenvalue weighted by atomic mass is 32.2. The number of nitrogens with one attached hydrogen (secondary N) is 1. The van der Waals surface area contributed by atoms with E-state index in [-0.39, 0.29) is 17.9 Å². The Balaban J connectivity index is 1.54. The van der Waals surface area contributed by atoms with Crippen molar-refractivity contribution in [2.75, 3.05) is 19.0 Å². The van der Waals surface area contributed by atoms with Gasteiger partial charge in [0.15, 0.2) is 11.6 Å². The predicted octanol–water partition coefficient (Wildman–Crippen LogP) is 3.36. The molecule has 23 heavy (non-hydrogen) atoms. The fraction of sp³-hybridized carbons (Fsp3) is 0.765. The summed E-state index contributed by atoms with van der Waals surface area (Å²) in [5, 5.41) is 3.82. The monoisotopic (exact) mass is 338 g/mol. The summed E-state index contributed by atoms with van der Waals surface area (Å²) >= 11 is 2.00. The van der Waals surface area contributed by atoms with Gasteiger partial charge in [-0.2, -0.15) is 11.8 Å². The number of hydrogen-bond donors (Lipinski definition) is 1. The summed E-state index contributed by atoms with van der Waals surface area (Å²) in [6, 6.07) is 0.267. The van der Waals surface area contributed by atoms with Gasteiger partial charge in [-0.1, -0.05) is 13.3 Å². The first-order valence-corrected chi connectivity index (χ1v) is 9.76. The number of carbonyl (C=O) groups is 1. The molecule has 1 aliphatic carbocycles. The van der Waals surface area contributed by atoms with Gasteiger partial charge in [0.2, 0.25) is 0 Å². The van der Waals surface area contributed by atoms with E-state index in [2.05, 4.69) is 17.2 Å². The number of aromatic nitrogens is 1. The molecule has 0 unspecified atom stereocenters. The predicted molar refractivity (Wildman–Crippen MR) is 90.9 cm³/mol. The van der Waals surface area contributed by atoms with E-state index in [1.54, 1.807) is 0 Å². The molecule has 1 aliphatic heterocycles. The van der Waals surface area contributed by atoms with Crippen molar-refractivity contribution in [3.8, 4) is 0 Å². The van der Waals surface area contributed by atoms with Crippen LogP contribution in [0.5, 0.6) is 0 Å². The average Bonchev–Trinajstić information content (AvgIpc) is 3.06. The zero-order valence-corrected chi connectivity index (χ0v) is 14.6. The van der Waals surface area contributed by atoms with Gasteiger partial charge in [-0.25, -0.2) is 4.98 Å². The summed E-state index contributed by atoms with van der Waals surface area (Å²) in [4.78, 5) is 16.8. The molecule has 2 heterocycles. The summed E-state index contributed by atoms with van der Waals surface area (Å²) in [7, 11) is 0. The molecule has 1 saturated heterocycles. The van der Waals surface area contributed by atoms with E-state index in [4.69, 9.17) is 9.15 Å². The van der Waals surface area contributed by atoms with Crippen LogP contribution in [0.4, 0.5) is 0 Å². The minimum atomic E-state index is -0.0980. The molecule has 3 rings (SSSR count). The molecule has 1 aromatic rings. The Hall–Kier alpha value is -1.01. The third kappa shape index (κ3) is 4.51. The van der Waals surface area contributed by atoms with E-state index in [1.165, 1.54) is 19.1 Å². The molecular weight excluding hydrogens is 312 g/mol. The van der Waals surface area contributed by atoms with Gasteiger partial charge in [-0.05, 0) is 37.9 Å².